The average Bonchev–Trinajstić information content (AvgIpc) is 3.71. The van der Waals surface area contributed by atoms with Crippen LogP contribution in [0, 0.1) is 0 Å². The van der Waals surface area contributed by atoms with Gasteiger partial charge in [-0.05, 0) is 101 Å². The molecule has 0 radical (unpaired) electrons. The van der Waals surface area contributed by atoms with Gasteiger partial charge in [0, 0.05) is 38.5 Å². The first-order valence-electron chi connectivity index (χ1n) is 17.5. The van der Waals surface area contributed by atoms with Crippen LogP contribution < -0.4 is 0 Å². The molecule has 0 N–H and O–H groups in total. The van der Waals surface area contributed by atoms with Crippen molar-refractivity contribution in [1.29, 1.82) is 0 Å². The van der Waals surface area contributed by atoms with Gasteiger partial charge in [-0.1, -0.05) is 121 Å². The maximum Gasteiger partial charge on any atom is 0.0619 e. The predicted molar refractivity (Wildman–Crippen MR) is 213 cm³/mol. The number of benzene rings is 7. The molecule has 2 heterocycles. The largest absolute Gasteiger partial charge is 0.313 e. The van der Waals surface area contributed by atoms with Gasteiger partial charge in [-0.3, -0.25) is 0 Å². The third-order valence-electron chi connectivity index (χ3n) is 10.4. The van der Waals surface area contributed by atoms with Crippen molar-refractivity contribution in [2.45, 2.75) is 12.8 Å². The van der Waals surface area contributed by atoms with E-state index in [0.717, 1.165) is 18.5 Å². The van der Waals surface area contributed by atoms with Gasteiger partial charge >= 0.3 is 0 Å². The van der Waals surface area contributed by atoms with Crippen molar-refractivity contribution in [3.63, 3.8) is 0 Å². The zero-order valence-corrected chi connectivity index (χ0v) is 27.6. The molecule has 0 spiro atoms. The summed E-state index contributed by atoms with van der Waals surface area (Å²) >= 11 is 0. The number of rotatable bonds is 5. The van der Waals surface area contributed by atoms with Crippen molar-refractivity contribution in [2.24, 2.45) is 0 Å². The van der Waals surface area contributed by atoms with Crippen LogP contribution in [0.25, 0.3) is 88.4 Å². The summed E-state index contributed by atoms with van der Waals surface area (Å²) in [7, 11) is 0. The Morgan fingerprint density at radius 1 is 0.400 bits per heavy atom. The Hall–Kier alpha value is -6.38. The molecule has 7 aromatic carbocycles. The van der Waals surface area contributed by atoms with Crippen LogP contribution in [0.3, 0.4) is 0 Å². The Balaban J connectivity index is 1.25. The highest BCUT2D eigenvalue weighted by atomic mass is 15.0. The monoisotopic (exact) mass is 638 g/mol. The van der Waals surface area contributed by atoms with Crippen LogP contribution in [0.2, 0.25) is 0 Å². The number of allylic oxidation sites excluding steroid dienone is 4. The molecule has 50 heavy (non-hydrogen) atoms. The predicted octanol–water partition coefficient (Wildman–Crippen LogP) is 13.1. The Morgan fingerprint density at radius 3 is 1.68 bits per heavy atom. The van der Waals surface area contributed by atoms with E-state index in [1.165, 1.54) is 82.7 Å². The second-order valence-electron chi connectivity index (χ2n) is 13.3. The fourth-order valence-corrected chi connectivity index (χ4v) is 8.05. The molecule has 0 amide bonds. The van der Waals surface area contributed by atoms with Gasteiger partial charge in [0.25, 0.3) is 0 Å². The zero-order chi connectivity index (χ0) is 33.0. The lowest BCUT2D eigenvalue weighted by Crippen LogP contribution is -1.98. The number of hydrogen-bond donors (Lipinski definition) is 0. The van der Waals surface area contributed by atoms with Crippen molar-refractivity contribution < 1.29 is 0 Å². The van der Waals surface area contributed by atoms with Gasteiger partial charge in [-0.15, -0.1) is 0 Å². The molecule has 0 bridgehead atoms. The van der Waals surface area contributed by atoms with Gasteiger partial charge in [0.1, 0.15) is 0 Å². The fraction of sp³-hybridized carbons (Fsp3) is 0.0417. The number of nitrogens with zero attached hydrogens (tertiary/aromatic N) is 2. The average molecular weight is 639 g/mol. The van der Waals surface area contributed by atoms with Gasteiger partial charge in [-0.25, -0.2) is 0 Å². The highest BCUT2D eigenvalue weighted by Gasteiger charge is 2.20. The van der Waals surface area contributed by atoms with Gasteiger partial charge in [0.15, 0.2) is 0 Å². The maximum absolute atomic E-state index is 2.46. The molecule has 0 atom stereocenters. The highest BCUT2D eigenvalue weighted by Crippen LogP contribution is 2.43. The van der Waals surface area contributed by atoms with E-state index in [9.17, 15) is 0 Å². The third kappa shape index (κ3) is 4.57. The van der Waals surface area contributed by atoms with Crippen LogP contribution in [-0.4, -0.2) is 9.13 Å². The van der Waals surface area contributed by atoms with Gasteiger partial charge < -0.3 is 9.13 Å². The van der Waals surface area contributed by atoms with Gasteiger partial charge in [-0.2, -0.15) is 0 Å². The minimum absolute atomic E-state index is 1.05. The third-order valence-corrected chi connectivity index (χ3v) is 10.4. The SMILES string of the molecule is C1=CCCC(n2c3ccccc3c3cc(-c4ccc5c(c4)c4cc(-c6ccccc6)cc(-c6ccccc6)c4n5-c4ccccc4)ccc32)=C1. The second kappa shape index (κ2) is 11.6. The molecule has 0 aliphatic heterocycles. The Labute approximate surface area is 291 Å². The van der Waals surface area contributed by atoms with Crippen LogP contribution in [-0.2, 0) is 0 Å². The van der Waals surface area contributed by atoms with Crippen molar-refractivity contribution in [1.82, 2.24) is 9.13 Å². The molecule has 1 aliphatic carbocycles. The standard InChI is InChI=1S/C48H34N2/c1-5-15-33(16-6-1)37-31-41(34-17-7-2-8-18-34)48-44(32-37)43-30-36(26-28-47(43)50(48)39-21-11-4-12-22-39)35-25-27-46-42(29-35)40-23-13-14-24-45(40)49(46)38-19-9-3-10-20-38/h1-9,11-19,21-32H,10,20H2. The molecule has 0 unspecified atom stereocenters. The smallest absolute Gasteiger partial charge is 0.0619 e. The van der Waals surface area contributed by atoms with E-state index in [1.54, 1.807) is 0 Å². The lowest BCUT2D eigenvalue weighted by molar-refractivity contribution is 0.979. The lowest BCUT2D eigenvalue weighted by Gasteiger charge is -2.14. The molecular weight excluding hydrogens is 605 g/mol. The van der Waals surface area contributed by atoms with Crippen molar-refractivity contribution in [2.75, 3.05) is 0 Å². The van der Waals surface area contributed by atoms with Gasteiger partial charge in [0.2, 0.25) is 0 Å². The van der Waals surface area contributed by atoms with Crippen LogP contribution in [0.5, 0.6) is 0 Å². The molecule has 0 fully saturated rings. The molecule has 2 nitrogen and oxygen atoms in total. The highest BCUT2D eigenvalue weighted by molar-refractivity contribution is 6.17. The zero-order valence-electron chi connectivity index (χ0n) is 27.6. The molecule has 2 aromatic heterocycles. The van der Waals surface area contributed by atoms with Crippen molar-refractivity contribution in [3.8, 4) is 39.1 Å². The van der Waals surface area contributed by atoms with Crippen LogP contribution in [0.4, 0.5) is 0 Å². The second-order valence-corrected chi connectivity index (χ2v) is 13.3. The minimum atomic E-state index is 1.05. The topological polar surface area (TPSA) is 9.86 Å². The summed E-state index contributed by atoms with van der Waals surface area (Å²) in [6.07, 6.45) is 8.84. The summed E-state index contributed by atoms with van der Waals surface area (Å²) in [5.74, 6) is 0. The normalized spacial score (nSPS) is 13.1. The molecule has 0 saturated carbocycles. The molecule has 0 saturated heterocycles. The van der Waals surface area contributed by atoms with E-state index in [2.05, 4.69) is 191 Å². The van der Waals surface area contributed by atoms with Gasteiger partial charge in [0.05, 0.1) is 22.1 Å². The first-order valence-corrected chi connectivity index (χ1v) is 17.5. The summed E-state index contributed by atoms with van der Waals surface area (Å²) in [4.78, 5) is 0. The molecule has 10 rings (SSSR count). The van der Waals surface area contributed by atoms with E-state index in [0.29, 0.717) is 0 Å². The molecular formula is C48H34N2. The summed E-state index contributed by atoms with van der Waals surface area (Å²) in [5.41, 5.74) is 14.8. The summed E-state index contributed by atoms with van der Waals surface area (Å²) < 4.78 is 4.92. The summed E-state index contributed by atoms with van der Waals surface area (Å²) in [5, 5.41) is 5.08. The van der Waals surface area contributed by atoms with E-state index in [1.807, 2.05) is 0 Å². The van der Waals surface area contributed by atoms with E-state index in [-0.39, 0.29) is 0 Å². The number of fused-ring (bicyclic) bond motifs is 6. The van der Waals surface area contributed by atoms with Crippen molar-refractivity contribution in [3.05, 3.63) is 182 Å². The number of para-hydroxylation sites is 2. The molecule has 2 heteroatoms. The Kier molecular flexibility index (Phi) is 6.67. The fourth-order valence-electron chi connectivity index (χ4n) is 8.05. The Bertz CT molecular complexity index is 2780. The minimum Gasteiger partial charge on any atom is -0.313 e. The molecule has 1 aliphatic rings. The first-order chi connectivity index (χ1) is 24.8. The first kappa shape index (κ1) is 28.6. The van der Waals surface area contributed by atoms with Crippen LogP contribution >= 0.6 is 0 Å². The van der Waals surface area contributed by atoms with E-state index < -0.39 is 0 Å². The summed E-state index contributed by atoms with van der Waals surface area (Å²) in [6, 6.07) is 60.0. The van der Waals surface area contributed by atoms with E-state index >= 15 is 0 Å². The lowest BCUT2D eigenvalue weighted by atomic mass is 9.95. The molecule has 9 aromatic rings. The molecule has 236 valence electrons. The van der Waals surface area contributed by atoms with Crippen LogP contribution in [0.1, 0.15) is 12.8 Å². The van der Waals surface area contributed by atoms with Crippen LogP contribution in [0.15, 0.2) is 182 Å². The number of hydrogen-bond acceptors (Lipinski definition) is 0. The quantitative estimate of drug-likeness (QED) is 0.178. The summed E-state index contributed by atoms with van der Waals surface area (Å²) in [6.45, 7) is 0. The number of aromatic nitrogens is 2. The van der Waals surface area contributed by atoms with Crippen molar-refractivity contribution >= 4 is 49.3 Å². The Morgan fingerprint density at radius 2 is 0.980 bits per heavy atom. The van der Waals surface area contributed by atoms with E-state index in [4.69, 9.17) is 0 Å². The maximum atomic E-state index is 2.46.